The summed E-state index contributed by atoms with van der Waals surface area (Å²) < 4.78 is 2.94. The minimum atomic E-state index is -0.326. The summed E-state index contributed by atoms with van der Waals surface area (Å²) in [7, 11) is 0. The summed E-state index contributed by atoms with van der Waals surface area (Å²) >= 11 is 0. The van der Waals surface area contributed by atoms with Gasteiger partial charge in [-0.1, -0.05) is 74.0 Å². The second kappa shape index (κ2) is 8.31. The molecule has 148 valence electrons. The number of fused-ring (bicyclic) bond motifs is 1. The molecule has 6 heteroatoms. The predicted molar refractivity (Wildman–Crippen MR) is 114 cm³/mol. The van der Waals surface area contributed by atoms with Crippen LogP contribution in [0.1, 0.15) is 36.7 Å². The van der Waals surface area contributed by atoms with Crippen molar-refractivity contribution in [1.29, 1.82) is 0 Å². The third-order valence-electron chi connectivity index (χ3n) is 5.04. The Morgan fingerprint density at radius 2 is 1.55 bits per heavy atom. The Kier molecular flexibility index (Phi) is 5.42. The van der Waals surface area contributed by atoms with E-state index in [9.17, 15) is 9.59 Å². The highest BCUT2D eigenvalue weighted by Gasteiger charge is 2.17. The van der Waals surface area contributed by atoms with Crippen LogP contribution in [0.3, 0.4) is 0 Å². The van der Waals surface area contributed by atoms with Gasteiger partial charge in [-0.05, 0) is 17.5 Å². The first kappa shape index (κ1) is 18.9. The highest BCUT2D eigenvalue weighted by atomic mass is 16.2. The van der Waals surface area contributed by atoms with Crippen molar-refractivity contribution in [1.82, 2.24) is 19.1 Å². The molecule has 0 fully saturated rings. The molecule has 0 atom stereocenters. The van der Waals surface area contributed by atoms with Crippen molar-refractivity contribution >= 4 is 11.2 Å². The second-order valence-electron chi connectivity index (χ2n) is 7.21. The number of H-pyrrole nitrogens is 1. The number of hydrogen-bond acceptors (Lipinski definition) is 3. The number of rotatable bonds is 7. The average Bonchev–Trinajstić information content (AvgIpc) is 3.16. The standard InChI is InChI=1S/C23H24N4O2/c1-2-3-14-26-21-20(24-19(25-21)15-17-10-6-4-7-11-17)22(28)27(23(26)29)16-18-12-8-5-9-13-18/h4-13H,2-3,14-16H2,1H3,(H,24,25). The Hall–Kier alpha value is -3.41. The van der Waals surface area contributed by atoms with Crippen molar-refractivity contribution in [3.63, 3.8) is 0 Å². The summed E-state index contributed by atoms with van der Waals surface area (Å²) in [6.45, 7) is 2.86. The first-order valence-electron chi connectivity index (χ1n) is 9.97. The van der Waals surface area contributed by atoms with Crippen molar-refractivity contribution in [3.05, 3.63) is 98.5 Å². The number of benzene rings is 2. The fraction of sp³-hybridized carbons (Fsp3) is 0.261. The van der Waals surface area contributed by atoms with Gasteiger partial charge in [0.05, 0.1) is 6.54 Å². The molecular formula is C23H24N4O2. The lowest BCUT2D eigenvalue weighted by atomic mass is 10.1. The maximum atomic E-state index is 13.2. The molecular weight excluding hydrogens is 364 g/mol. The number of unbranched alkanes of at least 4 members (excludes halogenated alkanes) is 1. The molecule has 0 bridgehead atoms. The van der Waals surface area contributed by atoms with E-state index in [-0.39, 0.29) is 17.8 Å². The van der Waals surface area contributed by atoms with Gasteiger partial charge in [-0.15, -0.1) is 0 Å². The molecule has 0 aliphatic rings. The molecule has 2 aromatic carbocycles. The number of aryl methyl sites for hydroxylation is 1. The van der Waals surface area contributed by atoms with Crippen LogP contribution in [0.25, 0.3) is 11.2 Å². The van der Waals surface area contributed by atoms with Gasteiger partial charge < -0.3 is 4.98 Å². The molecule has 0 spiro atoms. The predicted octanol–water partition coefficient (Wildman–Crippen LogP) is 3.33. The Bertz CT molecular complexity index is 1220. The zero-order valence-corrected chi connectivity index (χ0v) is 16.5. The molecule has 29 heavy (non-hydrogen) atoms. The van der Waals surface area contributed by atoms with Crippen molar-refractivity contribution in [3.8, 4) is 0 Å². The molecule has 2 aromatic heterocycles. The summed E-state index contributed by atoms with van der Waals surface area (Å²) in [4.78, 5) is 34.1. The SMILES string of the molecule is CCCCn1c(=O)n(Cc2ccccc2)c(=O)c2[nH]c(Cc3ccccc3)nc21. The highest BCUT2D eigenvalue weighted by Crippen LogP contribution is 2.12. The lowest BCUT2D eigenvalue weighted by Crippen LogP contribution is -2.40. The highest BCUT2D eigenvalue weighted by molar-refractivity contribution is 5.70. The molecule has 2 heterocycles. The molecule has 1 N–H and O–H groups in total. The Balaban J connectivity index is 1.83. The van der Waals surface area contributed by atoms with E-state index in [1.54, 1.807) is 4.57 Å². The fourth-order valence-electron chi connectivity index (χ4n) is 3.51. The monoisotopic (exact) mass is 388 g/mol. The third kappa shape index (κ3) is 3.92. The van der Waals surface area contributed by atoms with E-state index in [2.05, 4.69) is 16.9 Å². The number of hydrogen-bond donors (Lipinski definition) is 1. The van der Waals surface area contributed by atoms with Crippen molar-refractivity contribution in [2.75, 3.05) is 0 Å². The van der Waals surface area contributed by atoms with Gasteiger partial charge in [0.1, 0.15) is 11.3 Å². The van der Waals surface area contributed by atoms with Crippen LogP contribution in [0.5, 0.6) is 0 Å². The van der Waals surface area contributed by atoms with Gasteiger partial charge in [0, 0.05) is 13.0 Å². The van der Waals surface area contributed by atoms with Gasteiger partial charge in [0.15, 0.2) is 5.65 Å². The summed E-state index contributed by atoms with van der Waals surface area (Å²) in [5.74, 6) is 0.686. The van der Waals surface area contributed by atoms with Crippen molar-refractivity contribution < 1.29 is 0 Å². The molecule has 0 aliphatic heterocycles. The van der Waals surface area contributed by atoms with E-state index in [0.29, 0.717) is 30.0 Å². The first-order valence-corrected chi connectivity index (χ1v) is 9.97. The van der Waals surface area contributed by atoms with Crippen LogP contribution in [0, 0.1) is 0 Å². The summed E-state index contributed by atoms with van der Waals surface area (Å²) in [6.07, 6.45) is 2.38. The van der Waals surface area contributed by atoms with Gasteiger partial charge in [-0.3, -0.25) is 13.9 Å². The lowest BCUT2D eigenvalue weighted by Gasteiger charge is -2.11. The molecule has 4 aromatic rings. The van der Waals surface area contributed by atoms with E-state index in [1.165, 1.54) is 4.57 Å². The van der Waals surface area contributed by atoms with Crippen LogP contribution in [-0.2, 0) is 19.5 Å². The topological polar surface area (TPSA) is 72.7 Å². The van der Waals surface area contributed by atoms with Crippen LogP contribution in [0.2, 0.25) is 0 Å². The molecule has 0 radical (unpaired) electrons. The first-order chi connectivity index (χ1) is 14.2. The maximum Gasteiger partial charge on any atom is 0.333 e. The molecule has 6 nitrogen and oxygen atoms in total. The zero-order valence-electron chi connectivity index (χ0n) is 16.5. The summed E-state index contributed by atoms with van der Waals surface area (Å²) in [6, 6.07) is 19.5. The maximum absolute atomic E-state index is 13.2. The second-order valence-corrected chi connectivity index (χ2v) is 7.21. The largest absolute Gasteiger partial charge is 0.336 e. The van der Waals surface area contributed by atoms with E-state index in [1.807, 2.05) is 60.7 Å². The molecule has 0 amide bonds. The Morgan fingerprint density at radius 3 is 2.21 bits per heavy atom. The fourth-order valence-corrected chi connectivity index (χ4v) is 3.51. The number of nitrogens with one attached hydrogen (secondary N) is 1. The normalized spacial score (nSPS) is 11.2. The Labute approximate surface area is 168 Å². The van der Waals surface area contributed by atoms with Crippen LogP contribution in [-0.4, -0.2) is 19.1 Å². The number of aromatic amines is 1. The van der Waals surface area contributed by atoms with Crippen molar-refractivity contribution in [2.24, 2.45) is 0 Å². The van der Waals surface area contributed by atoms with Crippen LogP contribution < -0.4 is 11.2 Å². The number of imidazole rings is 1. The van der Waals surface area contributed by atoms with Gasteiger partial charge in [0.2, 0.25) is 0 Å². The Morgan fingerprint density at radius 1 is 0.897 bits per heavy atom. The molecule has 0 saturated carbocycles. The van der Waals surface area contributed by atoms with Crippen LogP contribution in [0.4, 0.5) is 0 Å². The van der Waals surface area contributed by atoms with E-state index in [4.69, 9.17) is 0 Å². The molecule has 0 unspecified atom stereocenters. The van der Waals surface area contributed by atoms with E-state index >= 15 is 0 Å². The molecule has 0 aliphatic carbocycles. The van der Waals surface area contributed by atoms with Crippen LogP contribution >= 0.6 is 0 Å². The number of aromatic nitrogens is 4. The lowest BCUT2D eigenvalue weighted by molar-refractivity contribution is 0.569. The van der Waals surface area contributed by atoms with Gasteiger partial charge in [0.25, 0.3) is 5.56 Å². The minimum Gasteiger partial charge on any atom is -0.336 e. The molecule has 0 saturated heterocycles. The van der Waals surface area contributed by atoms with E-state index in [0.717, 1.165) is 24.0 Å². The smallest absolute Gasteiger partial charge is 0.333 e. The van der Waals surface area contributed by atoms with Gasteiger partial charge in [-0.2, -0.15) is 0 Å². The van der Waals surface area contributed by atoms with Gasteiger partial charge >= 0.3 is 5.69 Å². The summed E-state index contributed by atoms with van der Waals surface area (Å²) in [5, 5.41) is 0. The van der Waals surface area contributed by atoms with Gasteiger partial charge in [-0.25, -0.2) is 9.78 Å². The third-order valence-corrected chi connectivity index (χ3v) is 5.04. The number of nitrogens with zero attached hydrogens (tertiary/aromatic N) is 3. The van der Waals surface area contributed by atoms with E-state index < -0.39 is 0 Å². The van der Waals surface area contributed by atoms with Crippen LogP contribution in [0.15, 0.2) is 70.3 Å². The zero-order chi connectivity index (χ0) is 20.2. The van der Waals surface area contributed by atoms with Crippen molar-refractivity contribution in [2.45, 2.75) is 39.3 Å². The average molecular weight is 388 g/mol. The molecule has 4 rings (SSSR count). The quantitative estimate of drug-likeness (QED) is 0.528. The summed E-state index contributed by atoms with van der Waals surface area (Å²) in [5.41, 5.74) is 2.22. The minimum absolute atomic E-state index is 0.244.